The minimum Gasteiger partial charge on any atom is -0.377 e. The number of hydrogen-bond acceptors (Lipinski definition) is 3. The first-order valence-corrected chi connectivity index (χ1v) is 13.2. The number of fused-ring (bicyclic) bond motifs is 1. The van der Waals surface area contributed by atoms with Crippen molar-refractivity contribution in [1.29, 1.82) is 0 Å². The Morgan fingerprint density at radius 1 is 0.912 bits per heavy atom. The number of nitrogens with zero attached hydrogens (tertiary/aromatic N) is 3. The molecule has 1 N–H and O–H groups in total. The van der Waals surface area contributed by atoms with Crippen molar-refractivity contribution < 1.29 is 4.79 Å². The Hall–Kier alpha value is -2.82. The van der Waals surface area contributed by atoms with E-state index in [0.717, 1.165) is 53.8 Å². The van der Waals surface area contributed by atoms with Crippen LogP contribution in [-0.4, -0.2) is 35.6 Å². The molecule has 3 aromatic rings. The summed E-state index contributed by atoms with van der Waals surface area (Å²) in [6.45, 7) is 0. The third-order valence-corrected chi connectivity index (χ3v) is 7.82. The van der Waals surface area contributed by atoms with Crippen LogP contribution in [0.15, 0.2) is 48.5 Å². The zero-order valence-electron chi connectivity index (χ0n) is 20.7. The van der Waals surface area contributed by atoms with Crippen molar-refractivity contribution in [3.05, 3.63) is 48.5 Å². The van der Waals surface area contributed by atoms with E-state index in [1.165, 1.54) is 38.5 Å². The van der Waals surface area contributed by atoms with E-state index in [2.05, 4.69) is 71.3 Å². The predicted molar refractivity (Wildman–Crippen MR) is 140 cm³/mol. The summed E-state index contributed by atoms with van der Waals surface area (Å²) in [6.07, 6.45) is 11.8. The highest BCUT2D eigenvalue weighted by Crippen LogP contribution is 2.40. The fourth-order valence-electron chi connectivity index (χ4n) is 6.09. The molecule has 0 radical (unpaired) electrons. The van der Waals surface area contributed by atoms with Gasteiger partial charge in [-0.15, -0.1) is 0 Å². The molecule has 2 aliphatic rings. The maximum Gasteiger partial charge on any atom is 0.243 e. The molecule has 2 aliphatic carbocycles. The number of benzene rings is 2. The number of rotatable bonds is 6. The van der Waals surface area contributed by atoms with E-state index in [9.17, 15) is 4.79 Å². The second-order valence-corrected chi connectivity index (χ2v) is 10.4. The van der Waals surface area contributed by atoms with Crippen LogP contribution in [0.25, 0.3) is 22.4 Å². The van der Waals surface area contributed by atoms with Gasteiger partial charge in [-0.1, -0.05) is 62.8 Å². The Bertz CT molecular complexity index is 1120. The lowest BCUT2D eigenvalue weighted by molar-refractivity contribution is -0.127. The zero-order valence-corrected chi connectivity index (χ0v) is 20.7. The lowest BCUT2D eigenvalue weighted by atomic mass is 9.82. The number of imidazole rings is 1. The van der Waals surface area contributed by atoms with Gasteiger partial charge in [0.2, 0.25) is 5.91 Å². The summed E-state index contributed by atoms with van der Waals surface area (Å²) in [5.74, 6) is 1.42. The zero-order chi connectivity index (χ0) is 23.5. The third kappa shape index (κ3) is 4.57. The summed E-state index contributed by atoms with van der Waals surface area (Å²) in [7, 11) is 4.14. The van der Waals surface area contributed by atoms with Crippen LogP contribution in [0.3, 0.4) is 0 Å². The van der Waals surface area contributed by atoms with Gasteiger partial charge in [-0.2, -0.15) is 0 Å². The van der Waals surface area contributed by atoms with E-state index in [1.807, 2.05) is 6.07 Å². The van der Waals surface area contributed by atoms with Gasteiger partial charge < -0.3 is 14.8 Å². The maximum atomic E-state index is 14.1. The number of para-hydroxylation sites is 3. The monoisotopic (exact) mass is 458 g/mol. The average Bonchev–Trinajstić information content (AvgIpc) is 3.24. The Morgan fingerprint density at radius 2 is 1.56 bits per heavy atom. The quantitative estimate of drug-likeness (QED) is 0.469. The first kappa shape index (κ1) is 22.9. The number of nitrogens with one attached hydrogen (secondary N) is 1. The van der Waals surface area contributed by atoms with Crippen LogP contribution in [0.5, 0.6) is 0 Å². The first-order chi connectivity index (χ1) is 16.6. The minimum absolute atomic E-state index is 0.186. The first-order valence-electron chi connectivity index (χ1n) is 13.2. The lowest BCUT2D eigenvalue weighted by Gasteiger charge is -2.34. The van der Waals surface area contributed by atoms with Gasteiger partial charge in [0, 0.05) is 31.4 Å². The van der Waals surface area contributed by atoms with Gasteiger partial charge in [0.1, 0.15) is 11.9 Å². The molecule has 1 amide bonds. The van der Waals surface area contributed by atoms with Crippen molar-refractivity contribution in [2.45, 2.75) is 76.3 Å². The van der Waals surface area contributed by atoms with E-state index in [1.54, 1.807) is 0 Å². The topological polar surface area (TPSA) is 50.2 Å². The second-order valence-electron chi connectivity index (χ2n) is 10.4. The molecule has 2 aromatic carbocycles. The van der Waals surface area contributed by atoms with E-state index >= 15 is 0 Å². The molecule has 180 valence electrons. The van der Waals surface area contributed by atoms with Gasteiger partial charge in [-0.25, -0.2) is 4.98 Å². The largest absolute Gasteiger partial charge is 0.377 e. The fraction of sp³-hybridized carbons (Fsp3) is 0.517. The summed E-state index contributed by atoms with van der Waals surface area (Å²) in [5, 5.41) is 3.49. The highest BCUT2D eigenvalue weighted by Gasteiger charge is 2.35. The van der Waals surface area contributed by atoms with Crippen molar-refractivity contribution >= 4 is 22.6 Å². The lowest BCUT2D eigenvalue weighted by Crippen LogP contribution is -2.43. The van der Waals surface area contributed by atoms with Gasteiger partial charge in [0.25, 0.3) is 0 Å². The predicted octanol–water partition coefficient (Wildman–Crippen LogP) is 6.34. The molecule has 0 bridgehead atoms. The molecular formula is C29H38N4O. The van der Waals surface area contributed by atoms with Gasteiger partial charge in [-0.05, 0) is 55.9 Å². The Morgan fingerprint density at radius 3 is 2.29 bits per heavy atom. The number of carbonyl (C=O) groups excluding carboxylic acids is 1. The Labute approximate surface area is 203 Å². The van der Waals surface area contributed by atoms with Crippen LogP contribution in [0.1, 0.15) is 70.3 Å². The molecule has 0 saturated heterocycles. The van der Waals surface area contributed by atoms with Crippen LogP contribution >= 0.6 is 0 Å². The molecule has 0 spiro atoms. The number of amides is 1. The molecule has 1 heterocycles. The van der Waals surface area contributed by atoms with Crippen molar-refractivity contribution in [2.75, 3.05) is 19.0 Å². The van der Waals surface area contributed by atoms with Gasteiger partial charge >= 0.3 is 0 Å². The third-order valence-electron chi connectivity index (χ3n) is 7.82. The smallest absolute Gasteiger partial charge is 0.243 e. The Kier molecular flexibility index (Phi) is 6.89. The van der Waals surface area contributed by atoms with Crippen LogP contribution in [-0.2, 0) is 4.79 Å². The molecule has 5 rings (SSSR count). The molecule has 2 saturated carbocycles. The second kappa shape index (κ2) is 10.2. The highest BCUT2D eigenvalue weighted by molar-refractivity contribution is 5.89. The molecule has 2 fully saturated rings. The van der Waals surface area contributed by atoms with Crippen LogP contribution in [0, 0.1) is 5.92 Å². The average molecular weight is 459 g/mol. The van der Waals surface area contributed by atoms with Crippen molar-refractivity contribution in [1.82, 2.24) is 14.9 Å². The normalized spacial score (nSPS) is 18.6. The van der Waals surface area contributed by atoms with Gasteiger partial charge in [0.05, 0.1) is 11.0 Å². The molecule has 34 heavy (non-hydrogen) atoms. The standard InChI is InChI=1S/C29H38N4O/c1-32(2)25-19-11-9-17-23(25)28-31-24-18-10-12-20-26(24)33(28)27(21-13-5-3-6-14-21)29(34)30-22-15-7-4-8-16-22/h9-12,17-22,27H,3-8,13-16H2,1-2H3,(H,30,34). The van der Waals surface area contributed by atoms with E-state index in [4.69, 9.17) is 4.98 Å². The molecule has 5 heteroatoms. The molecule has 1 aromatic heterocycles. The van der Waals surface area contributed by atoms with Crippen molar-refractivity contribution in [2.24, 2.45) is 5.92 Å². The molecular weight excluding hydrogens is 420 g/mol. The summed E-state index contributed by atoms with van der Waals surface area (Å²) >= 11 is 0. The number of carbonyl (C=O) groups is 1. The van der Waals surface area contributed by atoms with E-state index in [0.29, 0.717) is 12.0 Å². The van der Waals surface area contributed by atoms with Crippen LogP contribution in [0.4, 0.5) is 5.69 Å². The maximum absolute atomic E-state index is 14.1. The highest BCUT2D eigenvalue weighted by atomic mass is 16.2. The molecule has 5 nitrogen and oxygen atoms in total. The number of hydrogen-bond donors (Lipinski definition) is 1. The molecule has 1 unspecified atom stereocenters. The van der Waals surface area contributed by atoms with E-state index < -0.39 is 0 Å². The summed E-state index contributed by atoms with van der Waals surface area (Å²) in [4.78, 5) is 21.3. The Balaban J connectivity index is 1.65. The van der Waals surface area contributed by atoms with Gasteiger partial charge in [0.15, 0.2) is 0 Å². The molecule has 0 aliphatic heterocycles. The number of anilines is 1. The van der Waals surface area contributed by atoms with E-state index in [-0.39, 0.29) is 11.9 Å². The minimum atomic E-state index is -0.236. The van der Waals surface area contributed by atoms with Crippen molar-refractivity contribution in [3.8, 4) is 11.4 Å². The summed E-state index contributed by atoms with van der Waals surface area (Å²) in [5.41, 5.74) is 4.21. The SMILES string of the molecule is CN(C)c1ccccc1-c1nc2ccccc2n1C(C(=O)NC1CCCCC1)C1CCCCC1. The van der Waals surface area contributed by atoms with Crippen LogP contribution < -0.4 is 10.2 Å². The fourth-order valence-corrected chi connectivity index (χ4v) is 6.09. The van der Waals surface area contributed by atoms with Gasteiger partial charge in [-0.3, -0.25) is 4.79 Å². The van der Waals surface area contributed by atoms with Crippen molar-refractivity contribution in [3.63, 3.8) is 0 Å². The van der Waals surface area contributed by atoms with Crippen LogP contribution in [0.2, 0.25) is 0 Å². The summed E-state index contributed by atoms with van der Waals surface area (Å²) < 4.78 is 2.28. The number of aromatic nitrogens is 2. The molecule has 1 atom stereocenters. The summed E-state index contributed by atoms with van der Waals surface area (Å²) in [6, 6.07) is 16.8.